The van der Waals surface area contributed by atoms with Gasteiger partial charge in [0.25, 0.3) is 5.91 Å². The second-order valence-electron chi connectivity index (χ2n) is 3.56. The van der Waals surface area contributed by atoms with Crippen molar-refractivity contribution in [2.45, 2.75) is 13.0 Å². The molecule has 0 aliphatic carbocycles. The lowest BCUT2D eigenvalue weighted by Crippen LogP contribution is -2.21. The zero-order valence-electron chi connectivity index (χ0n) is 9.24. The Morgan fingerprint density at radius 3 is 2.65 bits per heavy atom. The van der Waals surface area contributed by atoms with Crippen LogP contribution in [-0.2, 0) is 9.53 Å². The zero-order valence-corrected chi connectivity index (χ0v) is 10.00. The lowest BCUT2D eigenvalue weighted by molar-refractivity contribution is -0.123. The van der Waals surface area contributed by atoms with Crippen LogP contribution in [0.2, 0.25) is 5.02 Å². The SMILES string of the molecule is COc1ccc(Cl)c(C)c1C1OC(=O)NC1=O. The molecule has 0 radical (unpaired) electrons. The first-order valence-electron chi connectivity index (χ1n) is 4.89. The third kappa shape index (κ3) is 1.93. The van der Waals surface area contributed by atoms with Crippen molar-refractivity contribution in [1.29, 1.82) is 0 Å². The Balaban J connectivity index is 2.54. The van der Waals surface area contributed by atoms with Gasteiger partial charge in [-0.3, -0.25) is 10.1 Å². The number of alkyl carbamates (subject to hydrolysis) is 1. The summed E-state index contributed by atoms with van der Waals surface area (Å²) in [7, 11) is 1.47. The van der Waals surface area contributed by atoms with Crippen LogP contribution in [0.1, 0.15) is 17.2 Å². The number of halogens is 1. The van der Waals surface area contributed by atoms with Gasteiger partial charge in [-0.1, -0.05) is 11.6 Å². The fourth-order valence-corrected chi connectivity index (χ4v) is 1.89. The largest absolute Gasteiger partial charge is 0.496 e. The van der Waals surface area contributed by atoms with E-state index in [1.54, 1.807) is 19.1 Å². The average Bonchev–Trinajstić information content (AvgIpc) is 2.61. The fourth-order valence-electron chi connectivity index (χ4n) is 1.73. The molecule has 2 amide bonds. The van der Waals surface area contributed by atoms with Crippen LogP contribution in [0.4, 0.5) is 4.79 Å². The molecule has 17 heavy (non-hydrogen) atoms. The van der Waals surface area contributed by atoms with Crippen LogP contribution in [-0.4, -0.2) is 19.1 Å². The van der Waals surface area contributed by atoms with Crippen molar-refractivity contribution in [1.82, 2.24) is 5.32 Å². The number of hydrogen-bond acceptors (Lipinski definition) is 4. The van der Waals surface area contributed by atoms with Crippen molar-refractivity contribution in [2.75, 3.05) is 7.11 Å². The molecular formula is C11H10ClNO4. The van der Waals surface area contributed by atoms with E-state index < -0.39 is 18.1 Å². The summed E-state index contributed by atoms with van der Waals surface area (Å²) < 4.78 is 10.0. The summed E-state index contributed by atoms with van der Waals surface area (Å²) in [6.45, 7) is 1.74. The molecule has 1 N–H and O–H groups in total. The fraction of sp³-hybridized carbons (Fsp3) is 0.273. The van der Waals surface area contributed by atoms with Gasteiger partial charge in [-0.05, 0) is 24.6 Å². The number of methoxy groups -OCH3 is 1. The maximum Gasteiger partial charge on any atom is 0.415 e. The van der Waals surface area contributed by atoms with E-state index in [-0.39, 0.29) is 0 Å². The number of imide groups is 1. The van der Waals surface area contributed by atoms with Crippen molar-refractivity contribution in [3.8, 4) is 5.75 Å². The number of amides is 2. The monoisotopic (exact) mass is 255 g/mol. The van der Waals surface area contributed by atoms with Crippen molar-refractivity contribution >= 4 is 23.6 Å². The summed E-state index contributed by atoms with van der Waals surface area (Å²) >= 11 is 5.98. The molecular weight excluding hydrogens is 246 g/mol. The van der Waals surface area contributed by atoms with Crippen molar-refractivity contribution in [2.24, 2.45) is 0 Å². The molecule has 0 bridgehead atoms. The van der Waals surface area contributed by atoms with Gasteiger partial charge in [-0.25, -0.2) is 4.79 Å². The summed E-state index contributed by atoms with van der Waals surface area (Å²) in [4.78, 5) is 22.6. The summed E-state index contributed by atoms with van der Waals surface area (Å²) in [6.07, 6.45) is -1.77. The van der Waals surface area contributed by atoms with Gasteiger partial charge in [-0.2, -0.15) is 0 Å². The quantitative estimate of drug-likeness (QED) is 0.877. The van der Waals surface area contributed by atoms with Crippen LogP contribution in [0.5, 0.6) is 5.75 Å². The zero-order chi connectivity index (χ0) is 12.6. The third-order valence-electron chi connectivity index (χ3n) is 2.58. The molecule has 0 saturated carbocycles. The molecule has 1 unspecified atom stereocenters. The number of hydrogen-bond donors (Lipinski definition) is 1. The second-order valence-corrected chi connectivity index (χ2v) is 3.97. The number of carbonyl (C=O) groups excluding carboxylic acids is 2. The Hall–Kier alpha value is -1.75. The number of ether oxygens (including phenoxy) is 2. The Bertz CT molecular complexity index is 500. The number of nitrogens with one attached hydrogen (secondary N) is 1. The lowest BCUT2D eigenvalue weighted by atomic mass is 10.0. The van der Waals surface area contributed by atoms with E-state index in [1.807, 2.05) is 0 Å². The highest BCUT2D eigenvalue weighted by molar-refractivity contribution is 6.31. The van der Waals surface area contributed by atoms with E-state index in [4.69, 9.17) is 21.1 Å². The molecule has 2 rings (SSSR count). The molecule has 1 aromatic carbocycles. The van der Waals surface area contributed by atoms with Gasteiger partial charge in [0, 0.05) is 10.6 Å². The molecule has 1 atom stereocenters. The Kier molecular flexibility index (Phi) is 2.93. The number of rotatable bonds is 2. The lowest BCUT2D eigenvalue weighted by Gasteiger charge is -2.15. The topological polar surface area (TPSA) is 64.6 Å². The van der Waals surface area contributed by atoms with Gasteiger partial charge in [-0.15, -0.1) is 0 Å². The summed E-state index contributed by atoms with van der Waals surface area (Å²) in [5.74, 6) is -0.0552. The van der Waals surface area contributed by atoms with Crippen LogP contribution in [0, 0.1) is 6.92 Å². The van der Waals surface area contributed by atoms with Gasteiger partial charge in [0.15, 0.2) is 0 Å². The van der Waals surface area contributed by atoms with E-state index in [9.17, 15) is 9.59 Å². The summed E-state index contributed by atoms with van der Waals surface area (Å²) in [5, 5.41) is 2.55. The van der Waals surface area contributed by atoms with Crippen LogP contribution in [0.3, 0.4) is 0 Å². The smallest absolute Gasteiger partial charge is 0.415 e. The molecule has 90 valence electrons. The number of benzene rings is 1. The van der Waals surface area contributed by atoms with E-state index >= 15 is 0 Å². The minimum absolute atomic E-state index is 0.460. The molecule has 0 aromatic heterocycles. The summed E-state index contributed by atoms with van der Waals surface area (Å²) in [5.41, 5.74) is 1.13. The van der Waals surface area contributed by atoms with Crippen LogP contribution >= 0.6 is 11.6 Å². The van der Waals surface area contributed by atoms with E-state index in [1.165, 1.54) is 7.11 Å². The first-order valence-corrected chi connectivity index (χ1v) is 5.27. The third-order valence-corrected chi connectivity index (χ3v) is 2.99. The van der Waals surface area contributed by atoms with Gasteiger partial charge in [0.2, 0.25) is 6.10 Å². The van der Waals surface area contributed by atoms with Gasteiger partial charge >= 0.3 is 6.09 Å². The molecule has 1 aliphatic rings. The molecule has 1 saturated heterocycles. The highest BCUT2D eigenvalue weighted by atomic mass is 35.5. The predicted octanol–water partition coefficient (Wildman–Crippen LogP) is 1.96. The molecule has 5 nitrogen and oxygen atoms in total. The van der Waals surface area contributed by atoms with Crippen molar-refractivity contribution in [3.05, 3.63) is 28.3 Å². The van der Waals surface area contributed by atoms with Gasteiger partial charge in [0.05, 0.1) is 7.11 Å². The van der Waals surface area contributed by atoms with E-state index in [0.717, 1.165) is 0 Å². The van der Waals surface area contributed by atoms with Crippen LogP contribution < -0.4 is 10.1 Å². The molecule has 1 heterocycles. The molecule has 6 heteroatoms. The van der Waals surface area contributed by atoms with Crippen LogP contribution in [0.25, 0.3) is 0 Å². The highest BCUT2D eigenvalue weighted by Gasteiger charge is 2.37. The average molecular weight is 256 g/mol. The van der Waals surface area contributed by atoms with E-state index in [0.29, 0.717) is 21.9 Å². The molecule has 1 aliphatic heterocycles. The Labute approximate surface area is 103 Å². The standard InChI is InChI=1S/C11H10ClNO4/c1-5-6(12)3-4-7(16-2)8(5)9-10(14)13-11(15)17-9/h3-4,9H,1-2H3,(H,13,14,15). The van der Waals surface area contributed by atoms with Gasteiger partial charge in [0.1, 0.15) is 5.75 Å². The number of carbonyl (C=O) groups is 2. The van der Waals surface area contributed by atoms with Gasteiger partial charge < -0.3 is 9.47 Å². The van der Waals surface area contributed by atoms with Crippen LogP contribution in [0.15, 0.2) is 12.1 Å². The minimum Gasteiger partial charge on any atom is -0.496 e. The van der Waals surface area contributed by atoms with Crippen molar-refractivity contribution in [3.63, 3.8) is 0 Å². The first kappa shape index (κ1) is 11.7. The highest BCUT2D eigenvalue weighted by Crippen LogP contribution is 2.36. The Morgan fingerprint density at radius 1 is 1.41 bits per heavy atom. The molecule has 0 spiro atoms. The molecule has 1 fully saturated rings. The minimum atomic E-state index is -1.00. The molecule has 1 aromatic rings. The number of cyclic esters (lactones) is 1. The first-order chi connectivity index (χ1) is 8.04. The Morgan fingerprint density at radius 2 is 2.12 bits per heavy atom. The maximum atomic E-state index is 11.6. The normalized spacial score (nSPS) is 18.9. The second kappa shape index (κ2) is 4.25. The maximum absolute atomic E-state index is 11.6. The summed E-state index contributed by atoms with van der Waals surface area (Å²) in [6, 6.07) is 3.29. The predicted molar refractivity (Wildman–Crippen MR) is 60.1 cm³/mol. The van der Waals surface area contributed by atoms with Crippen molar-refractivity contribution < 1.29 is 19.1 Å². The van der Waals surface area contributed by atoms with E-state index in [2.05, 4.69) is 5.32 Å².